The normalized spacial score (nSPS) is 19.8. The van der Waals surface area contributed by atoms with E-state index in [1.807, 2.05) is 35.2 Å². The molecule has 1 aliphatic rings. The summed E-state index contributed by atoms with van der Waals surface area (Å²) in [5.74, 6) is 0.114. The molecule has 0 bridgehead atoms. The lowest BCUT2D eigenvalue weighted by Gasteiger charge is -2.32. The minimum atomic E-state index is -3.65. The van der Waals surface area contributed by atoms with Crippen LogP contribution in [0.25, 0.3) is 0 Å². The molecule has 0 aromatic heterocycles. The highest BCUT2D eigenvalue weighted by Crippen LogP contribution is 2.16. The number of para-hydroxylation sites is 1. The number of nitrogens with two attached hydrogens (primary N) is 1. The Balaban J connectivity index is 1.78. The van der Waals surface area contributed by atoms with Gasteiger partial charge in [-0.05, 0) is 37.4 Å². The quantitative estimate of drug-likeness (QED) is 0.691. The molecular formula is C14H22N4O3S. The van der Waals surface area contributed by atoms with Gasteiger partial charge < -0.3 is 5.32 Å². The van der Waals surface area contributed by atoms with E-state index in [1.54, 1.807) is 0 Å². The molecule has 1 aromatic rings. The molecule has 7 nitrogen and oxygen atoms in total. The summed E-state index contributed by atoms with van der Waals surface area (Å²) in [4.78, 5) is 14.1. The zero-order chi connectivity index (χ0) is 16.0. The Morgan fingerprint density at radius 2 is 2.05 bits per heavy atom. The van der Waals surface area contributed by atoms with E-state index >= 15 is 0 Å². The molecule has 122 valence electrons. The number of piperidine rings is 1. The number of hydrogen-bond donors (Lipinski definition) is 3. The number of anilines is 1. The van der Waals surface area contributed by atoms with E-state index < -0.39 is 10.2 Å². The van der Waals surface area contributed by atoms with Gasteiger partial charge in [0.1, 0.15) is 0 Å². The van der Waals surface area contributed by atoms with Crippen molar-refractivity contribution >= 4 is 21.8 Å². The lowest BCUT2D eigenvalue weighted by Crippen LogP contribution is -2.44. The van der Waals surface area contributed by atoms with Crippen molar-refractivity contribution < 1.29 is 13.2 Å². The monoisotopic (exact) mass is 326 g/mol. The van der Waals surface area contributed by atoms with Gasteiger partial charge in [-0.25, -0.2) is 9.86 Å². The number of benzene rings is 1. The predicted molar refractivity (Wildman–Crippen MR) is 85.3 cm³/mol. The van der Waals surface area contributed by atoms with Crippen molar-refractivity contribution in [3.63, 3.8) is 0 Å². The van der Waals surface area contributed by atoms with E-state index in [0.29, 0.717) is 19.6 Å². The van der Waals surface area contributed by atoms with Crippen LogP contribution in [-0.2, 0) is 15.0 Å². The number of likely N-dealkylation sites (tertiary alicyclic amines) is 1. The Morgan fingerprint density at radius 3 is 2.73 bits per heavy atom. The Hall–Kier alpha value is -1.48. The maximum atomic E-state index is 12.0. The van der Waals surface area contributed by atoms with Crippen molar-refractivity contribution in [1.29, 1.82) is 0 Å². The average molecular weight is 326 g/mol. The lowest BCUT2D eigenvalue weighted by molar-refractivity contribution is -0.117. The van der Waals surface area contributed by atoms with E-state index in [1.165, 1.54) is 0 Å². The first kappa shape index (κ1) is 16.9. The fraction of sp³-hybridized carbons (Fsp3) is 0.500. The van der Waals surface area contributed by atoms with Gasteiger partial charge in [-0.1, -0.05) is 18.2 Å². The maximum Gasteiger partial charge on any atom is 0.274 e. The van der Waals surface area contributed by atoms with Crippen LogP contribution in [-0.4, -0.2) is 45.4 Å². The molecule has 1 fully saturated rings. The van der Waals surface area contributed by atoms with Crippen molar-refractivity contribution in [1.82, 2.24) is 9.62 Å². The highest BCUT2D eigenvalue weighted by molar-refractivity contribution is 7.87. The summed E-state index contributed by atoms with van der Waals surface area (Å²) in [7, 11) is -3.65. The third kappa shape index (κ3) is 6.10. The highest BCUT2D eigenvalue weighted by atomic mass is 32.2. The Morgan fingerprint density at radius 1 is 1.32 bits per heavy atom. The molecule has 1 heterocycles. The van der Waals surface area contributed by atoms with E-state index in [9.17, 15) is 13.2 Å². The standard InChI is InChI=1S/C14H22N4O3S/c15-22(20,21)16-9-12-5-4-8-18(10-12)11-14(19)17-13-6-2-1-3-7-13/h1-3,6-7,12,16H,4-5,8-11H2,(H,17,19)(H2,15,20,21). The largest absolute Gasteiger partial charge is 0.325 e. The fourth-order valence-electron chi connectivity index (χ4n) is 2.62. The molecule has 2 rings (SSSR count). The minimum Gasteiger partial charge on any atom is -0.325 e. The number of hydrogen-bond acceptors (Lipinski definition) is 4. The summed E-state index contributed by atoms with van der Waals surface area (Å²) < 4.78 is 24.2. The van der Waals surface area contributed by atoms with Crippen LogP contribution >= 0.6 is 0 Å². The van der Waals surface area contributed by atoms with E-state index in [0.717, 1.165) is 25.1 Å². The van der Waals surface area contributed by atoms with Crippen molar-refractivity contribution in [2.75, 3.05) is 31.5 Å². The number of nitrogens with zero attached hydrogens (tertiary/aromatic N) is 1. The van der Waals surface area contributed by atoms with E-state index in [4.69, 9.17) is 5.14 Å². The number of rotatable bonds is 6. The SMILES string of the molecule is NS(=O)(=O)NCC1CCCN(CC(=O)Nc2ccccc2)C1. The van der Waals surface area contributed by atoms with Gasteiger partial charge in [0.15, 0.2) is 0 Å². The van der Waals surface area contributed by atoms with Crippen LogP contribution in [0.15, 0.2) is 30.3 Å². The van der Waals surface area contributed by atoms with Gasteiger partial charge in [-0.2, -0.15) is 8.42 Å². The molecular weight excluding hydrogens is 304 g/mol. The summed E-state index contributed by atoms with van der Waals surface area (Å²) in [5.41, 5.74) is 0.775. The van der Waals surface area contributed by atoms with E-state index in [2.05, 4.69) is 10.0 Å². The van der Waals surface area contributed by atoms with Crippen LogP contribution in [0.3, 0.4) is 0 Å². The first-order valence-corrected chi connectivity index (χ1v) is 8.81. The number of amides is 1. The van der Waals surface area contributed by atoms with Crippen LogP contribution in [0, 0.1) is 5.92 Å². The molecule has 1 saturated heterocycles. The van der Waals surface area contributed by atoms with Gasteiger partial charge in [0, 0.05) is 18.8 Å². The fourth-order valence-corrected chi connectivity index (χ4v) is 3.09. The zero-order valence-electron chi connectivity index (χ0n) is 12.4. The lowest BCUT2D eigenvalue weighted by atomic mass is 9.98. The number of carbonyl (C=O) groups is 1. The third-order valence-electron chi connectivity index (χ3n) is 3.60. The minimum absolute atomic E-state index is 0.0637. The van der Waals surface area contributed by atoms with Gasteiger partial charge >= 0.3 is 0 Å². The zero-order valence-corrected chi connectivity index (χ0v) is 13.2. The van der Waals surface area contributed by atoms with Crippen LogP contribution in [0.2, 0.25) is 0 Å². The summed E-state index contributed by atoms with van der Waals surface area (Å²) in [6, 6.07) is 9.31. The Kier molecular flexibility index (Phi) is 5.90. The molecule has 4 N–H and O–H groups in total. The van der Waals surface area contributed by atoms with Crippen molar-refractivity contribution in [3.05, 3.63) is 30.3 Å². The van der Waals surface area contributed by atoms with Crippen LogP contribution < -0.4 is 15.2 Å². The summed E-state index contributed by atoms with van der Waals surface area (Å²) in [5, 5.41) is 7.79. The number of nitrogens with one attached hydrogen (secondary N) is 2. The van der Waals surface area contributed by atoms with E-state index in [-0.39, 0.29) is 11.8 Å². The van der Waals surface area contributed by atoms with Crippen molar-refractivity contribution in [2.24, 2.45) is 11.1 Å². The third-order valence-corrected chi connectivity index (χ3v) is 4.17. The van der Waals surface area contributed by atoms with Crippen LogP contribution in [0.4, 0.5) is 5.69 Å². The molecule has 0 aliphatic carbocycles. The molecule has 1 atom stereocenters. The predicted octanol–water partition coefficient (Wildman–Crippen LogP) is 0.130. The van der Waals surface area contributed by atoms with Crippen LogP contribution in [0.5, 0.6) is 0 Å². The molecule has 1 amide bonds. The summed E-state index contributed by atoms with van der Waals surface area (Å²) in [6.45, 7) is 2.15. The van der Waals surface area contributed by atoms with Gasteiger partial charge in [-0.3, -0.25) is 9.69 Å². The molecule has 22 heavy (non-hydrogen) atoms. The first-order valence-electron chi connectivity index (χ1n) is 7.27. The summed E-state index contributed by atoms with van der Waals surface area (Å²) >= 11 is 0. The Bertz CT molecular complexity index is 591. The second kappa shape index (κ2) is 7.68. The first-order chi connectivity index (χ1) is 10.4. The highest BCUT2D eigenvalue weighted by Gasteiger charge is 2.22. The van der Waals surface area contributed by atoms with Gasteiger partial charge in [0.2, 0.25) is 5.91 Å². The van der Waals surface area contributed by atoms with Gasteiger partial charge in [-0.15, -0.1) is 0 Å². The van der Waals surface area contributed by atoms with Crippen molar-refractivity contribution in [2.45, 2.75) is 12.8 Å². The van der Waals surface area contributed by atoms with Crippen molar-refractivity contribution in [3.8, 4) is 0 Å². The molecule has 0 spiro atoms. The topological polar surface area (TPSA) is 105 Å². The molecule has 1 unspecified atom stereocenters. The summed E-state index contributed by atoms with van der Waals surface area (Å²) in [6.07, 6.45) is 1.87. The smallest absolute Gasteiger partial charge is 0.274 e. The molecule has 1 aliphatic heterocycles. The van der Waals surface area contributed by atoms with Crippen LogP contribution in [0.1, 0.15) is 12.8 Å². The number of carbonyl (C=O) groups excluding carboxylic acids is 1. The molecule has 1 aromatic carbocycles. The molecule has 0 saturated carbocycles. The molecule has 8 heteroatoms. The Labute approximate surface area is 131 Å². The van der Waals surface area contributed by atoms with Gasteiger partial charge in [0.25, 0.3) is 10.2 Å². The van der Waals surface area contributed by atoms with Gasteiger partial charge in [0.05, 0.1) is 6.54 Å². The molecule has 0 radical (unpaired) electrons. The second-order valence-electron chi connectivity index (χ2n) is 5.55. The maximum absolute atomic E-state index is 12.0. The average Bonchev–Trinajstić information content (AvgIpc) is 2.46. The second-order valence-corrected chi connectivity index (χ2v) is 6.93.